The van der Waals surface area contributed by atoms with E-state index in [0.717, 1.165) is 114 Å². The summed E-state index contributed by atoms with van der Waals surface area (Å²) < 4.78 is 375. The monoisotopic (exact) mass is 2440 g/mol. The van der Waals surface area contributed by atoms with Gasteiger partial charge < -0.3 is 108 Å². The molecule has 0 saturated carbocycles. The van der Waals surface area contributed by atoms with E-state index in [4.69, 9.17) is 0 Å². The first kappa shape index (κ1) is 137. The first-order valence-corrected chi connectivity index (χ1v) is 57.0. The van der Waals surface area contributed by atoms with Crippen LogP contribution >= 0.6 is 62.0 Å². The summed E-state index contributed by atoms with van der Waals surface area (Å²) in [4.78, 5) is -0.524. The summed E-state index contributed by atoms with van der Waals surface area (Å²) in [5.74, 6) is 0. The Bertz CT molecular complexity index is 4980. The van der Waals surface area contributed by atoms with Gasteiger partial charge in [-0.25, -0.2) is 67.3 Å². The molecule has 68 heteroatoms. The Balaban J connectivity index is -0.000000706. The summed E-state index contributed by atoms with van der Waals surface area (Å²) in [6.45, 7) is 0. The van der Waals surface area contributed by atoms with Crippen LogP contribution in [0.4, 0.5) is 0 Å². The zero-order valence-electron chi connectivity index (χ0n) is 72.8. The zero-order chi connectivity index (χ0) is 97.9. The number of benzene rings is 8. The second-order valence-corrected chi connectivity index (χ2v) is 51.6. The van der Waals surface area contributed by atoms with E-state index < -0.39 is 142 Å². The van der Waals surface area contributed by atoms with E-state index in [1.807, 2.05) is 0 Å². The molecule has 8 rings (SSSR count). The van der Waals surface area contributed by atoms with Crippen LogP contribution < -0.4 is 59.1 Å². The second kappa shape index (κ2) is 64.6. The fraction of sp³-hybridized carbons (Fsp3) is 0.250. The third kappa shape index (κ3) is 49.3. The van der Waals surface area contributed by atoms with Crippen molar-refractivity contribution in [2.75, 3.05) is 114 Å². The minimum atomic E-state index is -4.03. The molecule has 0 saturated heterocycles. The van der Waals surface area contributed by atoms with Crippen molar-refractivity contribution in [1.82, 2.24) is 0 Å². The van der Waals surface area contributed by atoms with Crippen molar-refractivity contribution in [3.8, 4) is 0 Å². The Morgan fingerprint density at radius 3 is 0.265 bits per heavy atom. The van der Waals surface area contributed by atoms with E-state index in [2.05, 4.69) is 108 Å². The molecular weight excluding hydrogens is 2360 g/mol. The number of hydrogen-bond acceptors (Lipinski definition) is 40. The molecule has 132 heavy (non-hydrogen) atoms. The van der Waals surface area contributed by atoms with Crippen LogP contribution in [0.5, 0.6) is 0 Å². The first-order chi connectivity index (χ1) is 59.5. The van der Waals surface area contributed by atoms with Gasteiger partial charge in [0, 0.05) is 153 Å². The molecule has 0 heterocycles. The van der Waals surface area contributed by atoms with Gasteiger partial charge in [0.15, 0.2) is 0 Å². The summed E-state index contributed by atoms with van der Waals surface area (Å²) in [6.07, 6.45) is 0. The SMILES string of the molecule is COP(=O)([N-]S(=O)(=O)c1ccccc1)OC.COP(=O)([N-]S(=O)(=O)c1ccccc1)OC.COP(=O)([N-]S(=O)(=O)c1ccccc1)OC.COP(=O)([N-]S(=O)(=O)c1ccccc1)OC.COP(=O)([N-]S(=O)(=O)c1ccccc1)OC.COP(=O)([N-]S(=O)(=O)c1ccccc1)OC.COP(=O)([N-]S(=O)(=O)c1ccccc1)OC.COP(=O)([N-]S(=O)(=O)c1ccccc1)OC.[Na+].[Na+].[Nd+3].[Nd+3]. The molecule has 8 aromatic carbocycles. The van der Waals surface area contributed by atoms with E-state index in [0.29, 0.717) is 0 Å². The van der Waals surface area contributed by atoms with E-state index in [1.54, 1.807) is 48.5 Å². The molecule has 0 aliphatic carbocycles. The van der Waals surface area contributed by atoms with Crippen molar-refractivity contribution >= 4 is 142 Å². The molecule has 0 aromatic heterocycles. The first-order valence-electron chi connectivity index (χ1n) is 33.6. The van der Waals surface area contributed by atoms with Crippen LogP contribution in [-0.4, -0.2) is 181 Å². The number of nitrogens with zero attached hydrogens (tertiary/aromatic N) is 8. The predicted octanol–water partition coefficient (Wildman–Crippen LogP) is 11.2. The van der Waals surface area contributed by atoms with E-state index in [-0.39, 0.29) is 180 Å². The van der Waals surface area contributed by atoms with Gasteiger partial charge in [0.05, 0.1) is 0 Å². The van der Waals surface area contributed by atoms with E-state index >= 15 is 0 Å². The maximum Gasteiger partial charge on any atom is 3.00 e. The molecule has 0 N–H and O–H groups in total. The number of rotatable bonds is 40. The largest absolute Gasteiger partial charge is 3.00 e. The second-order valence-electron chi connectivity index (χ2n) is 21.6. The van der Waals surface area contributed by atoms with Crippen LogP contribution in [0.1, 0.15) is 0 Å². The quantitative estimate of drug-likeness (QED) is 0.0254. The summed E-state index contributed by atoms with van der Waals surface area (Å²) in [7, 11) is -46.7. The van der Waals surface area contributed by atoms with Gasteiger partial charge in [0.25, 0.3) is 62.0 Å². The van der Waals surface area contributed by atoms with Crippen molar-refractivity contribution < 1.29 is 317 Å². The van der Waals surface area contributed by atoms with Crippen LogP contribution in [-0.2, 0) is 189 Å². The Morgan fingerprint density at radius 1 is 0.152 bits per heavy atom. The van der Waals surface area contributed by atoms with Crippen LogP contribution in [0, 0.1) is 81.7 Å². The molecule has 0 unspecified atom stereocenters. The van der Waals surface area contributed by atoms with Gasteiger partial charge in [-0.15, -0.1) is 0 Å². The molecule has 0 aliphatic rings. The van der Waals surface area contributed by atoms with Gasteiger partial charge in [0.2, 0.25) is 0 Å². The zero-order valence-corrected chi connectivity index (χ0v) is 96.9. The fourth-order valence-electron chi connectivity index (χ4n) is 7.30. The molecule has 0 amide bonds. The third-order valence-electron chi connectivity index (χ3n) is 13.7. The molecule has 0 aliphatic heterocycles. The molecule has 722 valence electrons. The molecule has 48 nitrogen and oxygen atoms in total. The van der Waals surface area contributed by atoms with Crippen LogP contribution in [0.25, 0.3) is 35.9 Å². The molecule has 8 aromatic rings. The summed E-state index contributed by atoms with van der Waals surface area (Å²) in [5.41, 5.74) is 0. The van der Waals surface area contributed by atoms with Crippen molar-refractivity contribution in [3.05, 3.63) is 279 Å². The molecule has 0 fully saturated rings. The molecule has 0 atom stereocenters. The Labute approximate surface area is 879 Å². The normalized spacial score (nSPS) is 12.2. The standard InChI is InChI=1S/8C8H11NO5PS.2Na.2Nd/c8*1-13-15(10,14-2)9-16(11,12)8-6-4-3-5-7-8;;;;/h8*3-7H,1-2H3;;;;/q8*-1;2*+1;2*+3. The average molecular weight is 2450 g/mol. The maximum atomic E-state index is 11.7. The number of sulfonamides is 8. The number of hydrogen-bond donors (Lipinski definition) is 0. The summed E-state index contributed by atoms with van der Waals surface area (Å²) >= 11 is 0. The third-order valence-corrected chi connectivity index (χ3v) is 41.3. The average Bonchev–Trinajstić information content (AvgIpc) is 0.864. The van der Waals surface area contributed by atoms with Crippen molar-refractivity contribution in [1.29, 1.82) is 0 Å². The van der Waals surface area contributed by atoms with Gasteiger partial charge in [0.1, 0.15) is 80.2 Å². The van der Waals surface area contributed by atoms with Gasteiger partial charge in [-0.1, -0.05) is 146 Å². The molecule has 0 bridgehead atoms. The predicted molar refractivity (Wildman–Crippen MR) is 469 cm³/mol. The summed E-state index contributed by atoms with van der Waals surface area (Å²) in [5, 5.41) is 0. The topological polar surface area (TPSA) is 670 Å². The molecular formula is C64H88N8Na2Nd2O40P8S8. The van der Waals surface area contributed by atoms with Gasteiger partial charge >= 0.3 is 141 Å². The Morgan fingerprint density at radius 2 is 0.212 bits per heavy atom. The smallest absolute Gasteiger partial charge is 0.438 e. The van der Waals surface area contributed by atoms with E-state index in [1.165, 1.54) is 194 Å². The Hall–Kier alpha value is -1.06. The maximum absolute atomic E-state index is 11.7. The summed E-state index contributed by atoms with van der Waals surface area (Å²) in [6, 6.07) is 59.3. The van der Waals surface area contributed by atoms with Gasteiger partial charge in [-0.05, 0) is 97.1 Å². The molecule has 0 spiro atoms. The van der Waals surface area contributed by atoms with Crippen molar-refractivity contribution in [3.63, 3.8) is 0 Å². The van der Waals surface area contributed by atoms with E-state index in [9.17, 15) is 104 Å². The van der Waals surface area contributed by atoms with Crippen molar-refractivity contribution in [2.45, 2.75) is 39.2 Å². The fourth-order valence-corrected chi connectivity index (χ4v) is 28.2. The van der Waals surface area contributed by atoms with Crippen LogP contribution in [0.3, 0.4) is 0 Å². The van der Waals surface area contributed by atoms with Gasteiger partial charge in [-0.3, -0.25) is 36.5 Å². The Kier molecular flexibility index (Phi) is 67.1. The van der Waals surface area contributed by atoms with Crippen LogP contribution in [0.15, 0.2) is 282 Å². The van der Waals surface area contributed by atoms with Gasteiger partial charge in [-0.2, -0.15) is 0 Å². The van der Waals surface area contributed by atoms with Crippen LogP contribution in [0.2, 0.25) is 0 Å². The molecule has 2 radical (unpaired) electrons. The minimum absolute atomic E-state index is 0. The minimum Gasteiger partial charge on any atom is -0.438 e. The van der Waals surface area contributed by atoms with Crippen molar-refractivity contribution in [2.24, 2.45) is 0 Å².